The van der Waals surface area contributed by atoms with Crippen molar-refractivity contribution in [1.82, 2.24) is 9.47 Å². The molecule has 0 N–H and O–H groups in total. The molecule has 1 aromatic carbocycles. The third kappa shape index (κ3) is 4.67. The fraction of sp³-hybridized carbons (Fsp3) is 0.385. The van der Waals surface area contributed by atoms with Gasteiger partial charge >= 0.3 is 0 Å². The Hall–Kier alpha value is -3.48. The van der Waals surface area contributed by atoms with Gasteiger partial charge in [0.15, 0.2) is 5.43 Å². The first kappa shape index (κ1) is 22.7. The van der Waals surface area contributed by atoms with Gasteiger partial charge in [-0.2, -0.15) is 0 Å². The number of nitrogens with zero attached hydrogens (tertiary/aromatic N) is 3. The Labute approximate surface area is 194 Å². The summed E-state index contributed by atoms with van der Waals surface area (Å²) in [6.45, 7) is 8.80. The van der Waals surface area contributed by atoms with Gasteiger partial charge in [-0.25, -0.2) is 0 Å². The predicted octanol–water partition coefficient (Wildman–Crippen LogP) is 3.64. The van der Waals surface area contributed by atoms with Crippen LogP contribution in [0.2, 0.25) is 0 Å². The van der Waals surface area contributed by atoms with E-state index in [1.54, 1.807) is 18.1 Å². The molecule has 3 aromatic rings. The monoisotopic (exact) mass is 449 g/mol. The summed E-state index contributed by atoms with van der Waals surface area (Å²) in [6, 6.07) is 13.4. The average Bonchev–Trinajstić information content (AvgIpc) is 3.24. The fourth-order valence-corrected chi connectivity index (χ4v) is 4.51. The lowest BCUT2D eigenvalue weighted by Crippen LogP contribution is -2.50. The molecule has 1 amide bonds. The second-order valence-electron chi connectivity index (χ2n) is 8.40. The average molecular weight is 450 g/mol. The van der Waals surface area contributed by atoms with Crippen LogP contribution in [0.3, 0.4) is 0 Å². The number of carbonyl (C=O) groups excluding carboxylic acids is 1. The van der Waals surface area contributed by atoms with E-state index in [1.165, 1.54) is 0 Å². The van der Waals surface area contributed by atoms with Crippen molar-refractivity contribution in [3.63, 3.8) is 0 Å². The molecular weight excluding hydrogens is 418 g/mol. The first-order valence-electron chi connectivity index (χ1n) is 11.4. The molecular formula is C26H31N3O4. The highest BCUT2D eigenvalue weighted by atomic mass is 16.5. The number of rotatable bonds is 6. The zero-order valence-electron chi connectivity index (χ0n) is 19.8. The lowest BCUT2D eigenvalue weighted by molar-refractivity contribution is 0.0743. The predicted molar refractivity (Wildman–Crippen MR) is 128 cm³/mol. The molecule has 4 rings (SSSR count). The molecule has 0 saturated carbocycles. The number of aromatic nitrogens is 1. The van der Waals surface area contributed by atoms with Gasteiger partial charge in [0.05, 0.1) is 13.7 Å². The number of anilines is 1. The molecule has 7 heteroatoms. The summed E-state index contributed by atoms with van der Waals surface area (Å²) >= 11 is 0. The van der Waals surface area contributed by atoms with Gasteiger partial charge in [0.1, 0.15) is 22.8 Å². The Morgan fingerprint density at radius 2 is 1.82 bits per heavy atom. The van der Waals surface area contributed by atoms with Crippen molar-refractivity contribution in [3.05, 3.63) is 81.2 Å². The van der Waals surface area contributed by atoms with Crippen molar-refractivity contribution < 1.29 is 13.9 Å². The van der Waals surface area contributed by atoms with Gasteiger partial charge in [0.25, 0.3) is 5.91 Å². The van der Waals surface area contributed by atoms with Crippen molar-refractivity contribution in [2.75, 3.05) is 38.2 Å². The summed E-state index contributed by atoms with van der Waals surface area (Å²) < 4.78 is 13.1. The lowest BCUT2D eigenvalue weighted by Gasteiger charge is -2.36. The molecule has 0 aliphatic carbocycles. The van der Waals surface area contributed by atoms with Crippen molar-refractivity contribution in [3.8, 4) is 5.75 Å². The number of aryl methyl sites for hydroxylation is 2. The second kappa shape index (κ2) is 9.57. The molecule has 3 heterocycles. The van der Waals surface area contributed by atoms with Gasteiger partial charge < -0.3 is 23.5 Å². The molecule has 1 aliphatic rings. The van der Waals surface area contributed by atoms with E-state index in [0.29, 0.717) is 39.1 Å². The van der Waals surface area contributed by atoms with Crippen LogP contribution in [0.5, 0.6) is 5.75 Å². The van der Waals surface area contributed by atoms with Crippen LogP contribution in [0, 0.1) is 13.8 Å². The van der Waals surface area contributed by atoms with Crippen LogP contribution in [0.1, 0.15) is 40.2 Å². The van der Waals surface area contributed by atoms with E-state index < -0.39 is 0 Å². The van der Waals surface area contributed by atoms with Gasteiger partial charge in [-0.3, -0.25) is 9.59 Å². The molecule has 0 unspecified atom stereocenters. The number of methoxy groups -OCH3 is 1. The maximum atomic E-state index is 13.5. The normalized spacial score (nSPS) is 13.9. The molecule has 1 saturated heterocycles. The number of piperazine rings is 1. The molecule has 0 atom stereocenters. The molecule has 174 valence electrons. The van der Waals surface area contributed by atoms with E-state index in [9.17, 15) is 9.59 Å². The second-order valence-corrected chi connectivity index (χ2v) is 8.40. The minimum atomic E-state index is -0.212. The highest BCUT2D eigenvalue weighted by Crippen LogP contribution is 2.23. The van der Waals surface area contributed by atoms with E-state index in [4.69, 9.17) is 9.15 Å². The Bertz CT molecular complexity index is 1200. The molecule has 1 fully saturated rings. The minimum absolute atomic E-state index is 0.188. The molecule has 0 spiro atoms. The summed E-state index contributed by atoms with van der Waals surface area (Å²) in [7, 11) is 1.66. The lowest BCUT2D eigenvalue weighted by atomic mass is 10.1. The maximum Gasteiger partial charge on any atom is 0.259 e. The van der Waals surface area contributed by atoms with E-state index in [2.05, 4.69) is 4.90 Å². The highest BCUT2D eigenvalue weighted by Gasteiger charge is 2.27. The molecule has 2 aromatic heterocycles. The van der Waals surface area contributed by atoms with Gasteiger partial charge in [-0.05, 0) is 44.5 Å². The van der Waals surface area contributed by atoms with Crippen LogP contribution >= 0.6 is 0 Å². The SMILES string of the molecule is CCc1c(C(=O)N2CCN(c3cccc(OC)c3)CC2)c(=O)cc(C)n1Cc1ccc(C)o1. The summed E-state index contributed by atoms with van der Waals surface area (Å²) in [5.74, 6) is 2.27. The molecule has 7 nitrogen and oxygen atoms in total. The fourth-order valence-electron chi connectivity index (χ4n) is 4.51. The minimum Gasteiger partial charge on any atom is -0.497 e. The molecule has 0 radical (unpaired) electrons. The number of hydrogen-bond acceptors (Lipinski definition) is 5. The Balaban J connectivity index is 1.56. The zero-order valence-corrected chi connectivity index (χ0v) is 19.8. The largest absolute Gasteiger partial charge is 0.497 e. The first-order chi connectivity index (χ1) is 15.9. The molecule has 0 bridgehead atoms. The van der Waals surface area contributed by atoms with Gasteiger partial charge in [0, 0.05) is 55.4 Å². The quantitative estimate of drug-likeness (QED) is 0.575. The van der Waals surface area contributed by atoms with E-state index in [-0.39, 0.29) is 16.9 Å². The van der Waals surface area contributed by atoms with Crippen LogP contribution in [0.25, 0.3) is 0 Å². The topological polar surface area (TPSA) is 67.9 Å². The third-order valence-electron chi connectivity index (χ3n) is 6.27. The number of amides is 1. The van der Waals surface area contributed by atoms with Crippen LogP contribution in [-0.2, 0) is 13.0 Å². The summed E-state index contributed by atoms with van der Waals surface area (Å²) in [5.41, 5.74) is 2.72. The van der Waals surface area contributed by atoms with E-state index >= 15 is 0 Å². The van der Waals surface area contributed by atoms with Crippen LogP contribution in [-0.4, -0.2) is 48.7 Å². The van der Waals surface area contributed by atoms with Crippen LogP contribution in [0.15, 0.2) is 51.7 Å². The van der Waals surface area contributed by atoms with Crippen LogP contribution in [0.4, 0.5) is 5.69 Å². The first-order valence-corrected chi connectivity index (χ1v) is 11.4. The van der Waals surface area contributed by atoms with E-state index in [1.807, 2.05) is 61.7 Å². The summed E-state index contributed by atoms with van der Waals surface area (Å²) in [6.07, 6.45) is 0.585. The number of hydrogen-bond donors (Lipinski definition) is 0. The summed E-state index contributed by atoms with van der Waals surface area (Å²) in [4.78, 5) is 30.5. The highest BCUT2D eigenvalue weighted by molar-refractivity contribution is 5.95. The Morgan fingerprint density at radius 3 is 2.45 bits per heavy atom. The van der Waals surface area contributed by atoms with Crippen molar-refractivity contribution in [2.24, 2.45) is 0 Å². The van der Waals surface area contributed by atoms with Gasteiger partial charge in [-0.1, -0.05) is 13.0 Å². The number of pyridine rings is 1. The number of furan rings is 1. The molecule has 33 heavy (non-hydrogen) atoms. The smallest absolute Gasteiger partial charge is 0.259 e. The third-order valence-corrected chi connectivity index (χ3v) is 6.27. The van der Waals surface area contributed by atoms with Crippen molar-refractivity contribution in [1.29, 1.82) is 0 Å². The van der Waals surface area contributed by atoms with Crippen molar-refractivity contribution >= 4 is 11.6 Å². The van der Waals surface area contributed by atoms with Gasteiger partial charge in [-0.15, -0.1) is 0 Å². The molecule has 1 aliphatic heterocycles. The van der Waals surface area contributed by atoms with E-state index in [0.717, 1.165) is 34.3 Å². The Kier molecular flexibility index (Phi) is 6.58. The number of benzene rings is 1. The zero-order chi connectivity index (χ0) is 23.5. The van der Waals surface area contributed by atoms with Crippen LogP contribution < -0.4 is 15.1 Å². The number of carbonyl (C=O) groups is 1. The Morgan fingerprint density at radius 1 is 1.06 bits per heavy atom. The standard InChI is InChI=1S/C26H31N3O4/c1-5-23-25(24(30)15-18(2)29(23)17-22-10-9-19(3)33-22)26(31)28-13-11-27(12-14-28)20-7-6-8-21(16-20)32-4/h6-10,15-16H,5,11-14,17H2,1-4H3. The summed E-state index contributed by atoms with van der Waals surface area (Å²) in [5, 5.41) is 0. The maximum absolute atomic E-state index is 13.5. The van der Waals surface area contributed by atoms with Crippen molar-refractivity contribution in [2.45, 2.75) is 33.7 Å². The van der Waals surface area contributed by atoms with Gasteiger partial charge in [0.2, 0.25) is 0 Å². The number of ether oxygens (including phenoxy) is 1.